The molecule has 0 bridgehead atoms. The van der Waals surface area contributed by atoms with Crippen LogP contribution in [0.15, 0.2) is 73.1 Å². The lowest BCUT2D eigenvalue weighted by molar-refractivity contribution is -0.123. The van der Waals surface area contributed by atoms with Crippen LogP contribution in [0.5, 0.6) is 17.2 Å². The van der Waals surface area contributed by atoms with E-state index in [1.807, 2.05) is 0 Å². The van der Waals surface area contributed by atoms with Gasteiger partial charge in [0, 0.05) is 4.47 Å². The zero-order chi connectivity index (χ0) is 24.7. The molecule has 1 amide bonds. The first-order valence-electron chi connectivity index (χ1n) is 9.52. The molecule has 176 valence electrons. The number of nitrogens with one attached hydrogen (secondary N) is 1. The van der Waals surface area contributed by atoms with Crippen LogP contribution in [0.1, 0.15) is 15.9 Å². The molecule has 1 N–H and O–H groups in total. The molecule has 0 aliphatic heterocycles. The molecule has 0 aliphatic carbocycles. The van der Waals surface area contributed by atoms with Gasteiger partial charge in [-0.2, -0.15) is 5.10 Å². The molecule has 0 saturated heterocycles. The zero-order valence-electron chi connectivity index (χ0n) is 17.5. The second kappa shape index (κ2) is 12.1. The minimum atomic E-state index is -0.726. The largest absolute Gasteiger partial charge is 0.493 e. The SMILES string of the molecule is COc1cc(C=NNC(=O)COc2c(Br)cc(Br)cc2Br)ccc1OC(=O)c1cccc(F)c1. The molecule has 3 aromatic carbocycles. The minimum absolute atomic E-state index is 0.0693. The highest BCUT2D eigenvalue weighted by atomic mass is 79.9. The van der Waals surface area contributed by atoms with Crippen molar-refractivity contribution in [1.29, 1.82) is 0 Å². The Morgan fingerprint density at radius 3 is 2.44 bits per heavy atom. The van der Waals surface area contributed by atoms with E-state index in [9.17, 15) is 14.0 Å². The summed E-state index contributed by atoms with van der Waals surface area (Å²) in [6.07, 6.45) is 1.39. The van der Waals surface area contributed by atoms with E-state index in [4.69, 9.17) is 14.2 Å². The third-order valence-electron chi connectivity index (χ3n) is 4.16. The number of hydrogen-bond donors (Lipinski definition) is 1. The number of benzene rings is 3. The summed E-state index contributed by atoms with van der Waals surface area (Å²) < 4.78 is 31.6. The third kappa shape index (κ3) is 7.12. The average Bonchev–Trinajstić information content (AvgIpc) is 2.79. The van der Waals surface area contributed by atoms with E-state index in [-0.39, 0.29) is 23.7 Å². The highest BCUT2D eigenvalue weighted by Crippen LogP contribution is 2.36. The van der Waals surface area contributed by atoms with Crippen molar-refractivity contribution in [2.45, 2.75) is 0 Å². The number of amides is 1. The normalized spacial score (nSPS) is 10.7. The fourth-order valence-electron chi connectivity index (χ4n) is 2.64. The molecule has 3 rings (SSSR count). The van der Waals surface area contributed by atoms with E-state index in [0.29, 0.717) is 20.3 Å². The molecule has 0 radical (unpaired) electrons. The Labute approximate surface area is 219 Å². The Kier molecular flexibility index (Phi) is 9.20. The molecular weight excluding hydrogens is 643 g/mol. The maximum Gasteiger partial charge on any atom is 0.343 e. The molecule has 0 atom stereocenters. The summed E-state index contributed by atoms with van der Waals surface area (Å²) >= 11 is 10.1. The van der Waals surface area contributed by atoms with Crippen LogP contribution in [-0.4, -0.2) is 31.8 Å². The summed E-state index contributed by atoms with van der Waals surface area (Å²) in [6, 6.07) is 13.4. The second-order valence-corrected chi connectivity index (χ2v) is 9.21. The number of nitrogens with zero attached hydrogens (tertiary/aromatic N) is 1. The number of carbonyl (C=O) groups is 2. The zero-order valence-corrected chi connectivity index (χ0v) is 22.2. The van der Waals surface area contributed by atoms with Crippen molar-refractivity contribution < 1.29 is 28.2 Å². The van der Waals surface area contributed by atoms with Crippen LogP contribution in [0.25, 0.3) is 0 Å². The molecule has 0 aliphatic rings. The molecule has 0 spiro atoms. The van der Waals surface area contributed by atoms with Gasteiger partial charge in [0.25, 0.3) is 5.91 Å². The Balaban J connectivity index is 1.58. The molecule has 34 heavy (non-hydrogen) atoms. The van der Waals surface area contributed by atoms with Crippen molar-refractivity contribution in [2.75, 3.05) is 13.7 Å². The van der Waals surface area contributed by atoms with Gasteiger partial charge >= 0.3 is 5.97 Å². The highest BCUT2D eigenvalue weighted by Gasteiger charge is 2.14. The average molecular weight is 659 g/mol. The lowest BCUT2D eigenvalue weighted by atomic mass is 10.2. The quantitative estimate of drug-likeness (QED) is 0.142. The van der Waals surface area contributed by atoms with Gasteiger partial charge in [-0.3, -0.25) is 4.79 Å². The summed E-state index contributed by atoms with van der Waals surface area (Å²) in [4.78, 5) is 24.3. The van der Waals surface area contributed by atoms with E-state index in [2.05, 4.69) is 58.3 Å². The molecular formula is C23H16Br3FN2O5. The fraction of sp³-hybridized carbons (Fsp3) is 0.0870. The first kappa shape index (κ1) is 25.9. The minimum Gasteiger partial charge on any atom is -0.493 e. The summed E-state index contributed by atoms with van der Waals surface area (Å²) in [5, 5.41) is 3.90. The first-order chi connectivity index (χ1) is 16.3. The predicted molar refractivity (Wildman–Crippen MR) is 135 cm³/mol. The Morgan fingerprint density at radius 2 is 1.76 bits per heavy atom. The van der Waals surface area contributed by atoms with E-state index in [0.717, 1.165) is 10.5 Å². The van der Waals surface area contributed by atoms with E-state index >= 15 is 0 Å². The van der Waals surface area contributed by atoms with Crippen LogP contribution >= 0.6 is 47.8 Å². The van der Waals surface area contributed by atoms with Crippen molar-refractivity contribution >= 4 is 65.9 Å². The number of hydrazone groups is 1. The monoisotopic (exact) mass is 656 g/mol. The van der Waals surface area contributed by atoms with Crippen LogP contribution in [0.4, 0.5) is 4.39 Å². The predicted octanol–water partition coefficient (Wildman–Crippen LogP) is 5.87. The maximum absolute atomic E-state index is 13.3. The van der Waals surface area contributed by atoms with Crippen LogP contribution in [0.3, 0.4) is 0 Å². The van der Waals surface area contributed by atoms with Crippen molar-refractivity contribution in [3.8, 4) is 17.2 Å². The smallest absolute Gasteiger partial charge is 0.343 e. The van der Waals surface area contributed by atoms with Gasteiger partial charge in [-0.15, -0.1) is 0 Å². The van der Waals surface area contributed by atoms with Gasteiger partial charge in [0.05, 0.1) is 27.8 Å². The van der Waals surface area contributed by atoms with Gasteiger partial charge in [-0.05, 0) is 86.0 Å². The van der Waals surface area contributed by atoms with Crippen molar-refractivity contribution in [1.82, 2.24) is 5.43 Å². The molecule has 3 aromatic rings. The maximum atomic E-state index is 13.3. The lowest BCUT2D eigenvalue weighted by Gasteiger charge is -2.10. The Hall–Kier alpha value is -2.76. The molecule has 0 saturated carbocycles. The number of carbonyl (C=O) groups excluding carboxylic acids is 2. The van der Waals surface area contributed by atoms with Gasteiger partial charge in [0.1, 0.15) is 11.6 Å². The van der Waals surface area contributed by atoms with Crippen LogP contribution in [-0.2, 0) is 4.79 Å². The summed E-state index contributed by atoms with van der Waals surface area (Å²) in [5.41, 5.74) is 3.01. The van der Waals surface area contributed by atoms with E-state index in [1.54, 1.807) is 24.3 Å². The van der Waals surface area contributed by atoms with E-state index < -0.39 is 17.7 Å². The van der Waals surface area contributed by atoms with Gasteiger partial charge < -0.3 is 14.2 Å². The van der Waals surface area contributed by atoms with Crippen molar-refractivity contribution in [2.24, 2.45) is 5.10 Å². The van der Waals surface area contributed by atoms with Crippen LogP contribution in [0.2, 0.25) is 0 Å². The Morgan fingerprint density at radius 1 is 1.03 bits per heavy atom. The van der Waals surface area contributed by atoms with Gasteiger partial charge in [0.2, 0.25) is 0 Å². The number of esters is 1. The molecule has 0 fully saturated rings. The number of ether oxygens (including phenoxy) is 3. The molecule has 0 unspecified atom stereocenters. The molecule has 11 heteroatoms. The topological polar surface area (TPSA) is 86.2 Å². The molecule has 0 heterocycles. The van der Waals surface area contributed by atoms with Crippen LogP contribution < -0.4 is 19.6 Å². The number of methoxy groups -OCH3 is 1. The van der Waals surface area contributed by atoms with Gasteiger partial charge in [-0.1, -0.05) is 22.0 Å². The van der Waals surface area contributed by atoms with Crippen molar-refractivity contribution in [3.05, 3.63) is 85.0 Å². The number of hydrogen-bond acceptors (Lipinski definition) is 6. The second-order valence-electron chi connectivity index (χ2n) is 6.59. The number of rotatable bonds is 8. The molecule has 7 nitrogen and oxygen atoms in total. The lowest BCUT2D eigenvalue weighted by Crippen LogP contribution is -2.24. The van der Waals surface area contributed by atoms with Gasteiger partial charge in [0.15, 0.2) is 18.1 Å². The summed E-state index contributed by atoms with van der Waals surface area (Å²) in [7, 11) is 1.41. The fourth-order valence-corrected chi connectivity index (χ4v) is 5.13. The standard InChI is InChI=1S/C23H16Br3FN2O5/c1-32-20-7-13(5-6-19(20)34-23(31)14-3-2-4-16(27)8-14)11-28-29-21(30)12-33-22-17(25)9-15(24)10-18(22)26/h2-11H,12H2,1H3,(H,29,30). The summed E-state index contributed by atoms with van der Waals surface area (Å²) in [5.74, 6) is -0.848. The van der Waals surface area contributed by atoms with E-state index in [1.165, 1.54) is 37.6 Å². The van der Waals surface area contributed by atoms with Crippen LogP contribution in [0, 0.1) is 5.82 Å². The van der Waals surface area contributed by atoms with Gasteiger partial charge in [-0.25, -0.2) is 14.6 Å². The molecule has 0 aromatic heterocycles. The number of halogens is 4. The Bertz CT molecular complexity index is 1230. The first-order valence-corrected chi connectivity index (χ1v) is 11.9. The van der Waals surface area contributed by atoms with Crippen molar-refractivity contribution in [3.63, 3.8) is 0 Å². The highest BCUT2D eigenvalue weighted by molar-refractivity contribution is 9.11. The third-order valence-corrected chi connectivity index (χ3v) is 5.80. The summed E-state index contributed by atoms with van der Waals surface area (Å²) in [6.45, 7) is -0.255.